The third-order valence-corrected chi connectivity index (χ3v) is 17.8. The number of benzene rings is 3. The van der Waals surface area contributed by atoms with Crippen molar-refractivity contribution in [2.45, 2.75) is 113 Å². The molecule has 1 aliphatic rings. The molecular weight excluding hydrogens is 1420 g/mol. The first-order valence-corrected chi connectivity index (χ1v) is 33.7. The molecule has 0 radical (unpaired) electrons. The minimum atomic E-state index is -1.78. The van der Waals surface area contributed by atoms with Crippen LogP contribution in [0.2, 0.25) is 0 Å². The van der Waals surface area contributed by atoms with Crippen LogP contribution in [0.1, 0.15) is 49.8 Å². The summed E-state index contributed by atoms with van der Waals surface area (Å²) < 4.78 is 0. The molecule has 2 heterocycles. The summed E-state index contributed by atoms with van der Waals surface area (Å²) in [6.45, 7) is -2.46. The number of carbonyl (C=O) groups excluding carboxylic acids is 8. The number of carboxylic acid groups (broad SMARTS) is 4. The van der Waals surface area contributed by atoms with Gasteiger partial charge in [-0.25, -0.2) is 0 Å². The molecule has 98 heavy (non-hydrogen) atoms. The van der Waals surface area contributed by atoms with E-state index in [9.17, 15) is 83.7 Å². The van der Waals surface area contributed by atoms with Crippen molar-refractivity contribution >= 4 is 129 Å². The molecule has 18 N–H and O–H groups in total. The van der Waals surface area contributed by atoms with Gasteiger partial charge < -0.3 is 89.0 Å². The van der Waals surface area contributed by atoms with Gasteiger partial charge in [0.05, 0.1) is 57.6 Å². The SMILES string of the molecule is CC(O)C1NC(=O)[C@H](CCCCN)NC(=O)[C@@H](Cc2c[nH]c3ccccc23)NC(=O)[C@H](Cc2ccccc2)NC(=O)[C@@H](NC(=O)[C@@H](Cc2ccccc2)NC(=O)CN(CCN(CCN(CC(=O)O)CC(=O)O)CC(=O)O)CC(=O)O)CSSC[C@@H](C(=O)N[C@H](CO)[C@@H](C)O)NC1=O.[In+3]. The van der Waals surface area contributed by atoms with Crippen LogP contribution in [-0.4, -0.2) is 297 Å². The molecule has 0 bridgehead atoms. The molecule has 530 valence electrons. The number of aromatic nitrogens is 1. The summed E-state index contributed by atoms with van der Waals surface area (Å²) in [5, 5.41) is 91.6. The Kier molecular flexibility index (Phi) is 36.1. The van der Waals surface area contributed by atoms with Gasteiger partial charge in [0.15, 0.2) is 0 Å². The number of nitrogens with zero attached hydrogens (tertiary/aromatic N) is 3. The van der Waals surface area contributed by atoms with Crippen molar-refractivity contribution in [1.82, 2.24) is 62.2 Å². The van der Waals surface area contributed by atoms with Crippen LogP contribution in [-0.2, 0) is 76.8 Å². The number of para-hydroxylation sites is 1. The maximum atomic E-state index is 15.2. The zero-order valence-electron chi connectivity index (χ0n) is 54.2. The van der Waals surface area contributed by atoms with Crippen molar-refractivity contribution < 1.29 is 93.3 Å². The first-order valence-electron chi connectivity index (χ1n) is 31.2. The number of aromatic amines is 1. The first-order chi connectivity index (χ1) is 46.2. The Morgan fingerprint density at radius 2 is 1.10 bits per heavy atom. The van der Waals surface area contributed by atoms with Crippen LogP contribution in [0, 0.1) is 0 Å². The van der Waals surface area contributed by atoms with Crippen molar-refractivity contribution in [2.75, 3.05) is 83.6 Å². The molecule has 4 aromatic rings. The fourth-order valence-corrected chi connectivity index (χ4v) is 12.6. The van der Waals surface area contributed by atoms with Gasteiger partial charge in [0.1, 0.15) is 42.3 Å². The molecule has 10 atom stereocenters. The smallest absolute Gasteiger partial charge is 0.480 e. The second-order valence-corrected chi connectivity index (χ2v) is 25.8. The number of carboxylic acids is 4. The standard InChI is InChI=1S/C63H87N13O19S2.In/c1-37(78)48(34-77)70-62(94)50-36-97-96-35-49(71-58(90)45(25-39-13-5-3-6-14-39)66-51(80)29-75(31-53(83)84)23-21-74(30-52(81)82)22-24-76(32-54(85)86)33-55(87)88)61(93)68-46(26-40-15-7-4-8-16-40)59(91)69-47(27-41-28-65-43-18-10-9-17-42(41)43)60(92)67-44(19-11-12-20-64)57(89)73-56(38(2)79)63(95)72-50;/h3-10,13-18,28,37-38,44-50,56,65,77-79H,11-12,19-27,29-36,64H2,1-2H3,(H,66,80)(H,67,92)(H,68,93)(H,69,91)(H,70,94)(H,71,90)(H,72,95)(H,73,89)(H,81,82)(H,83,84)(H,85,86)(H,87,88);/q;+3/t37-,38?,44+,45-,46+,47-,48-,49+,50+,56?;/m1./s1. The fraction of sp³-hybridized carbons (Fsp3) is 0.492. The van der Waals surface area contributed by atoms with Gasteiger partial charge in [-0.3, -0.25) is 72.2 Å². The molecule has 0 saturated carbocycles. The van der Waals surface area contributed by atoms with Crippen LogP contribution >= 0.6 is 21.6 Å². The number of H-pyrrole nitrogens is 1. The Morgan fingerprint density at radius 1 is 0.592 bits per heavy atom. The topological polar surface area (TPSA) is 494 Å². The fourth-order valence-electron chi connectivity index (χ4n) is 10.3. The van der Waals surface area contributed by atoms with Crippen molar-refractivity contribution in [3.8, 4) is 0 Å². The third-order valence-electron chi connectivity index (χ3n) is 15.4. The maximum Gasteiger partial charge on any atom is 3.00 e. The molecule has 1 saturated heterocycles. The molecule has 1 aliphatic heterocycles. The zero-order valence-corrected chi connectivity index (χ0v) is 59.1. The van der Waals surface area contributed by atoms with Gasteiger partial charge in [0.25, 0.3) is 0 Å². The minimum Gasteiger partial charge on any atom is -0.480 e. The number of rotatable bonds is 34. The van der Waals surface area contributed by atoms with Crippen molar-refractivity contribution in [1.29, 1.82) is 0 Å². The van der Waals surface area contributed by atoms with E-state index in [4.69, 9.17) is 5.73 Å². The summed E-state index contributed by atoms with van der Waals surface area (Å²) in [4.78, 5) is 171. The molecule has 1 aromatic heterocycles. The summed E-state index contributed by atoms with van der Waals surface area (Å²) in [6, 6.07) is 11.7. The van der Waals surface area contributed by atoms with E-state index in [2.05, 4.69) is 47.5 Å². The van der Waals surface area contributed by atoms with E-state index in [1.165, 1.54) is 18.7 Å². The number of nitrogens with two attached hydrogens (primary N) is 1. The molecule has 0 aliphatic carbocycles. The Hall–Kier alpha value is -7.87. The predicted octanol–water partition coefficient (Wildman–Crippen LogP) is -3.78. The molecule has 1 fully saturated rings. The van der Waals surface area contributed by atoms with Crippen LogP contribution in [0.3, 0.4) is 0 Å². The zero-order chi connectivity index (χ0) is 71.1. The number of unbranched alkanes of at least 4 members (excludes halogenated alkanes) is 1. The number of fused-ring (bicyclic) bond motifs is 1. The molecule has 8 amide bonds. The molecule has 0 spiro atoms. The monoisotopic (exact) mass is 1510 g/mol. The van der Waals surface area contributed by atoms with E-state index >= 15 is 9.59 Å². The Morgan fingerprint density at radius 3 is 1.67 bits per heavy atom. The normalized spacial score (nSPS) is 19.6. The quantitative estimate of drug-likeness (QED) is 0.0158. The number of hydrogen-bond acceptors (Lipinski definition) is 21. The maximum absolute atomic E-state index is 15.2. The third kappa shape index (κ3) is 28.9. The van der Waals surface area contributed by atoms with E-state index in [-0.39, 0.29) is 96.4 Å². The second-order valence-electron chi connectivity index (χ2n) is 23.3. The van der Waals surface area contributed by atoms with Crippen LogP contribution < -0.4 is 48.3 Å². The van der Waals surface area contributed by atoms with Gasteiger partial charge in [-0.05, 0) is 62.4 Å². The van der Waals surface area contributed by atoms with Crippen molar-refractivity contribution in [3.05, 3.63) is 108 Å². The van der Waals surface area contributed by atoms with Gasteiger partial charge in [-0.15, -0.1) is 0 Å². The number of amides is 8. The number of aliphatic hydroxyl groups is 3. The van der Waals surface area contributed by atoms with Crippen LogP contribution in [0.15, 0.2) is 91.1 Å². The van der Waals surface area contributed by atoms with Crippen molar-refractivity contribution in [3.63, 3.8) is 0 Å². The first kappa shape index (κ1) is 82.6. The molecule has 5 rings (SSSR count). The average molecular weight is 1510 g/mol. The van der Waals surface area contributed by atoms with Crippen molar-refractivity contribution in [2.24, 2.45) is 5.73 Å². The number of aliphatic hydroxyl groups excluding tert-OH is 3. The molecule has 32 nitrogen and oxygen atoms in total. The van der Waals surface area contributed by atoms with E-state index < -0.39 is 177 Å². The van der Waals surface area contributed by atoms with Crippen LogP contribution in [0.25, 0.3) is 10.9 Å². The van der Waals surface area contributed by atoms with E-state index in [0.717, 1.165) is 31.4 Å². The second kappa shape index (κ2) is 42.8. The average Bonchev–Trinajstić information content (AvgIpc) is 1.60. The predicted molar refractivity (Wildman–Crippen MR) is 362 cm³/mol. The molecule has 35 heteroatoms. The molecular formula is C63H87InN13O19S2+3. The van der Waals surface area contributed by atoms with Crippen LogP contribution in [0.4, 0.5) is 0 Å². The summed E-state index contributed by atoms with van der Waals surface area (Å²) in [5.41, 5.74) is 8.10. The Labute approximate surface area is 591 Å². The van der Waals surface area contributed by atoms with Crippen LogP contribution in [0.5, 0.6) is 0 Å². The summed E-state index contributed by atoms with van der Waals surface area (Å²) in [6.07, 6.45) is -1.31. The number of carbonyl (C=O) groups is 12. The summed E-state index contributed by atoms with van der Waals surface area (Å²) in [5.74, 6) is -13.8. The van der Waals surface area contributed by atoms with E-state index in [1.807, 2.05) is 0 Å². The van der Waals surface area contributed by atoms with Gasteiger partial charge in [-0.2, -0.15) is 0 Å². The number of nitrogens with one attached hydrogen (secondary N) is 9. The van der Waals surface area contributed by atoms with E-state index in [0.29, 0.717) is 34.0 Å². The molecule has 2 unspecified atom stereocenters. The van der Waals surface area contributed by atoms with E-state index in [1.54, 1.807) is 91.1 Å². The minimum absolute atomic E-state index is 0. The van der Waals surface area contributed by atoms with Gasteiger partial charge in [-0.1, -0.05) is 100 Å². The number of aliphatic carboxylic acids is 4. The van der Waals surface area contributed by atoms with Gasteiger partial charge in [0, 0.05) is 74.0 Å². The van der Waals surface area contributed by atoms with Gasteiger partial charge >= 0.3 is 49.7 Å². The summed E-state index contributed by atoms with van der Waals surface area (Å²) in [7, 11) is 1.77. The Bertz CT molecular complexity index is 3290. The largest absolute Gasteiger partial charge is 3.00 e. The number of hydrogen-bond donors (Lipinski definition) is 17. The Balaban J connectivity index is 0.0000204. The van der Waals surface area contributed by atoms with Gasteiger partial charge in [0.2, 0.25) is 47.3 Å². The molecule has 3 aromatic carbocycles. The summed E-state index contributed by atoms with van der Waals surface area (Å²) >= 11 is 0.